The molecule has 0 radical (unpaired) electrons. The molecule has 0 saturated carbocycles. The van der Waals surface area contributed by atoms with Crippen molar-refractivity contribution in [2.45, 2.75) is 58.7 Å². The van der Waals surface area contributed by atoms with Crippen LogP contribution in [0.2, 0.25) is 5.02 Å². The molecule has 3 aromatic heterocycles. The van der Waals surface area contributed by atoms with Crippen molar-refractivity contribution in [3.05, 3.63) is 58.1 Å². The van der Waals surface area contributed by atoms with E-state index < -0.39 is 29.1 Å². The number of hydrogen-bond acceptors (Lipinski definition) is 6. The van der Waals surface area contributed by atoms with Crippen molar-refractivity contribution in [1.82, 2.24) is 19.6 Å². The van der Waals surface area contributed by atoms with Crippen molar-refractivity contribution in [3.63, 3.8) is 0 Å². The van der Waals surface area contributed by atoms with Gasteiger partial charge >= 0.3 is 12.1 Å². The van der Waals surface area contributed by atoms with E-state index >= 15 is 0 Å². The number of carbonyl (C=O) groups excluding carboxylic acids is 1. The highest BCUT2D eigenvalue weighted by Crippen LogP contribution is 2.36. The largest absolute Gasteiger partial charge is 0.460 e. The molecule has 0 atom stereocenters. The SMILES string of the molecule is CCc1cc(CCC(=O)OC(C)(C)C)c(F)cc1-c1nnc(-c2cn3cc(C(F)(F)F)cc(Cl)c3n2)s1. The number of benzene rings is 1. The molecule has 0 fully saturated rings. The Kier molecular flexibility index (Phi) is 7.31. The second-order valence-corrected chi connectivity index (χ2v) is 10.8. The third kappa shape index (κ3) is 6.10. The van der Waals surface area contributed by atoms with Gasteiger partial charge in [-0.05, 0) is 56.9 Å². The highest BCUT2D eigenvalue weighted by atomic mass is 35.5. The number of hydrogen-bond donors (Lipinski definition) is 0. The van der Waals surface area contributed by atoms with Gasteiger partial charge in [0.15, 0.2) is 10.7 Å². The quantitative estimate of drug-likeness (QED) is 0.187. The summed E-state index contributed by atoms with van der Waals surface area (Å²) in [5, 5.41) is 8.93. The fourth-order valence-electron chi connectivity index (χ4n) is 3.73. The minimum Gasteiger partial charge on any atom is -0.460 e. The molecule has 4 aromatic rings. The molecule has 0 bridgehead atoms. The first kappa shape index (κ1) is 27.0. The first-order valence-corrected chi connectivity index (χ1v) is 12.6. The molecule has 196 valence electrons. The number of ether oxygens (including phenoxy) is 1. The van der Waals surface area contributed by atoms with E-state index in [2.05, 4.69) is 15.2 Å². The van der Waals surface area contributed by atoms with Crippen LogP contribution >= 0.6 is 22.9 Å². The molecule has 0 amide bonds. The van der Waals surface area contributed by atoms with Crippen molar-refractivity contribution >= 4 is 34.6 Å². The van der Waals surface area contributed by atoms with E-state index in [1.165, 1.54) is 16.7 Å². The number of aryl methyl sites for hydroxylation is 2. The highest BCUT2D eigenvalue weighted by Gasteiger charge is 2.32. The minimum absolute atomic E-state index is 0.0478. The summed E-state index contributed by atoms with van der Waals surface area (Å²) in [6.45, 7) is 7.23. The van der Waals surface area contributed by atoms with E-state index in [-0.39, 0.29) is 29.2 Å². The van der Waals surface area contributed by atoms with Crippen molar-refractivity contribution in [2.75, 3.05) is 0 Å². The zero-order chi connectivity index (χ0) is 27.1. The van der Waals surface area contributed by atoms with Gasteiger partial charge in [0.25, 0.3) is 0 Å². The fourth-order valence-corrected chi connectivity index (χ4v) is 4.84. The van der Waals surface area contributed by atoms with Gasteiger partial charge in [0.05, 0.1) is 10.6 Å². The van der Waals surface area contributed by atoms with Crippen molar-refractivity contribution in [2.24, 2.45) is 0 Å². The van der Waals surface area contributed by atoms with Crippen LogP contribution in [0.25, 0.3) is 26.9 Å². The van der Waals surface area contributed by atoms with Gasteiger partial charge in [-0.1, -0.05) is 35.9 Å². The smallest absolute Gasteiger partial charge is 0.417 e. The molecule has 0 aliphatic carbocycles. The molecule has 0 saturated heterocycles. The standard InChI is InChI=1S/C25H23ClF4N4O2S/c1-5-13-8-14(6-7-20(35)36-24(2,3)4)18(27)10-16(13)22-32-33-23(37-22)19-12-34-11-15(25(28,29)30)9-17(26)21(34)31-19/h8-12H,5-7H2,1-4H3. The maximum Gasteiger partial charge on any atom is 0.417 e. The van der Waals surface area contributed by atoms with Crippen LogP contribution in [0.5, 0.6) is 0 Å². The number of halogens is 5. The van der Waals surface area contributed by atoms with Crippen LogP contribution in [0.4, 0.5) is 17.6 Å². The molecule has 12 heteroatoms. The van der Waals surface area contributed by atoms with Gasteiger partial charge < -0.3 is 9.14 Å². The van der Waals surface area contributed by atoms with Gasteiger partial charge in [-0.15, -0.1) is 10.2 Å². The monoisotopic (exact) mass is 554 g/mol. The number of fused-ring (bicyclic) bond motifs is 1. The Morgan fingerprint density at radius 1 is 1.08 bits per heavy atom. The Morgan fingerprint density at radius 2 is 1.78 bits per heavy atom. The molecule has 4 rings (SSSR count). The van der Waals surface area contributed by atoms with Gasteiger partial charge in [0.1, 0.15) is 22.1 Å². The number of carbonyl (C=O) groups is 1. The number of imidazole rings is 1. The third-order valence-electron chi connectivity index (χ3n) is 5.38. The summed E-state index contributed by atoms with van der Waals surface area (Å²) >= 11 is 7.17. The number of alkyl halides is 3. The molecular formula is C25H23ClF4N4O2S. The third-order valence-corrected chi connectivity index (χ3v) is 6.64. The number of rotatable bonds is 6. The van der Waals surface area contributed by atoms with Crippen LogP contribution in [0, 0.1) is 5.82 Å². The molecule has 3 heterocycles. The summed E-state index contributed by atoms with van der Waals surface area (Å²) in [7, 11) is 0. The molecule has 0 spiro atoms. The maximum atomic E-state index is 15.0. The van der Waals surface area contributed by atoms with Crippen LogP contribution in [-0.4, -0.2) is 31.2 Å². The molecule has 0 unspecified atom stereocenters. The lowest BCUT2D eigenvalue weighted by Crippen LogP contribution is -2.24. The average Bonchev–Trinajstić information content (AvgIpc) is 3.44. The predicted molar refractivity (Wildman–Crippen MR) is 133 cm³/mol. The zero-order valence-electron chi connectivity index (χ0n) is 20.4. The Bertz CT molecular complexity index is 1470. The summed E-state index contributed by atoms with van der Waals surface area (Å²) < 4.78 is 60.9. The van der Waals surface area contributed by atoms with Crippen molar-refractivity contribution < 1.29 is 27.1 Å². The van der Waals surface area contributed by atoms with Gasteiger partial charge in [-0.25, -0.2) is 9.37 Å². The topological polar surface area (TPSA) is 69.4 Å². The zero-order valence-corrected chi connectivity index (χ0v) is 22.0. The molecule has 0 N–H and O–H groups in total. The molecule has 0 aliphatic heterocycles. The van der Waals surface area contributed by atoms with Crippen molar-refractivity contribution in [1.29, 1.82) is 0 Å². The van der Waals surface area contributed by atoms with E-state index in [4.69, 9.17) is 16.3 Å². The van der Waals surface area contributed by atoms with Gasteiger partial charge in [0.2, 0.25) is 0 Å². The number of esters is 1. The van der Waals surface area contributed by atoms with E-state index in [9.17, 15) is 22.4 Å². The van der Waals surface area contributed by atoms with Gasteiger partial charge in [-0.2, -0.15) is 13.2 Å². The molecular weight excluding hydrogens is 532 g/mol. The summed E-state index contributed by atoms with van der Waals surface area (Å²) in [4.78, 5) is 16.4. The number of pyridine rings is 1. The Labute approximate surface area is 219 Å². The Morgan fingerprint density at radius 3 is 2.43 bits per heavy atom. The fraction of sp³-hybridized carbons (Fsp3) is 0.360. The van der Waals surface area contributed by atoms with Crippen LogP contribution < -0.4 is 0 Å². The van der Waals surface area contributed by atoms with Crippen LogP contribution in [0.15, 0.2) is 30.6 Å². The van der Waals surface area contributed by atoms with Crippen LogP contribution in [-0.2, 0) is 28.5 Å². The van der Waals surface area contributed by atoms with E-state index in [1.54, 1.807) is 26.8 Å². The van der Waals surface area contributed by atoms with Crippen LogP contribution in [0.1, 0.15) is 50.8 Å². The summed E-state index contributed by atoms with van der Waals surface area (Å²) in [5.74, 6) is -0.885. The highest BCUT2D eigenvalue weighted by molar-refractivity contribution is 7.17. The molecule has 6 nitrogen and oxygen atoms in total. The van der Waals surface area contributed by atoms with E-state index in [0.717, 1.165) is 29.2 Å². The minimum atomic E-state index is -4.56. The average molecular weight is 555 g/mol. The maximum absolute atomic E-state index is 15.0. The number of nitrogens with zero attached hydrogens (tertiary/aromatic N) is 4. The van der Waals surface area contributed by atoms with Crippen LogP contribution in [0.3, 0.4) is 0 Å². The first-order chi connectivity index (χ1) is 17.2. The lowest BCUT2D eigenvalue weighted by Gasteiger charge is -2.19. The first-order valence-electron chi connectivity index (χ1n) is 11.4. The van der Waals surface area contributed by atoms with E-state index in [1.807, 2.05) is 6.92 Å². The lowest BCUT2D eigenvalue weighted by atomic mass is 9.99. The molecule has 1 aromatic carbocycles. The molecule has 37 heavy (non-hydrogen) atoms. The second kappa shape index (κ2) is 10.0. The summed E-state index contributed by atoms with van der Waals surface area (Å²) in [6.07, 6.45) is -1.45. The van der Waals surface area contributed by atoms with Crippen molar-refractivity contribution in [3.8, 4) is 21.3 Å². The van der Waals surface area contributed by atoms with Gasteiger partial charge in [-0.3, -0.25) is 4.79 Å². The predicted octanol–water partition coefficient (Wildman–Crippen LogP) is 7.17. The Hall–Kier alpha value is -3.05. The van der Waals surface area contributed by atoms with E-state index in [0.29, 0.717) is 27.6 Å². The second-order valence-electron chi connectivity index (χ2n) is 9.38. The van der Waals surface area contributed by atoms with Gasteiger partial charge in [0, 0.05) is 24.4 Å². The lowest BCUT2D eigenvalue weighted by molar-refractivity contribution is -0.154. The number of aromatic nitrogens is 4. The normalized spacial score (nSPS) is 12.4. The summed E-state index contributed by atoms with van der Waals surface area (Å²) in [5.41, 5.74) is 0.681. The Balaban J connectivity index is 1.61. The summed E-state index contributed by atoms with van der Waals surface area (Å²) in [6, 6.07) is 3.89. The molecule has 0 aliphatic rings.